The topological polar surface area (TPSA) is 76.2 Å². The first-order chi connectivity index (χ1) is 11.3. The highest BCUT2D eigenvalue weighted by Gasteiger charge is 2.01. The molecule has 0 saturated carbocycles. The van der Waals surface area contributed by atoms with Gasteiger partial charge in [0.25, 0.3) is 0 Å². The van der Waals surface area contributed by atoms with Gasteiger partial charge in [-0.15, -0.1) is 0 Å². The number of pyridine rings is 2. The van der Waals surface area contributed by atoms with Crippen LogP contribution in [-0.2, 0) is 13.0 Å². The first-order valence-corrected chi connectivity index (χ1v) is 7.59. The summed E-state index contributed by atoms with van der Waals surface area (Å²) in [5.41, 5.74) is 7.88. The maximum atomic E-state index is 5.92. The molecule has 0 atom stereocenters. The second kappa shape index (κ2) is 7.35. The van der Waals surface area contributed by atoms with Crippen molar-refractivity contribution in [3.8, 4) is 0 Å². The minimum atomic E-state index is 0.427. The van der Waals surface area contributed by atoms with Crippen molar-refractivity contribution in [2.75, 3.05) is 6.54 Å². The Balaban J connectivity index is 1.58. The van der Waals surface area contributed by atoms with E-state index < -0.39 is 0 Å². The summed E-state index contributed by atoms with van der Waals surface area (Å²) in [7, 11) is 0. The largest absolute Gasteiger partial charge is 0.370 e. The van der Waals surface area contributed by atoms with Crippen LogP contribution >= 0.6 is 0 Å². The summed E-state index contributed by atoms with van der Waals surface area (Å²) in [5.74, 6) is 0.427. The van der Waals surface area contributed by atoms with E-state index in [0.717, 1.165) is 28.6 Å². The van der Waals surface area contributed by atoms with Crippen molar-refractivity contribution >= 4 is 16.7 Å². The number of nitrogens with zero attached hydrogens (tertiary/aromatic N) is 3. The lowest BCUT2D eigenvalue weighted by Gasteiger charge is -2.06. The first-order valence-electron chi connectivity index (χ1n) is 7.59. The summed E-state index contributed by atoms with van der Waals surface area (Å²) in [6.07, 6.45) is 4.40. The van der Waals surface area contributed by atoms with Crippen molar-refractivity contribution in [3.63, 3.8) is 0 Å². The maximum absolute atomic E-state index is 5.92. The molecule has 0 radical (unpaired) electrons. The highest BCUT2D eigenvalue weighted by atomic mass is 15.1. The molecule has 5 nitrogen and oxygen atoms in total. The number of benzene rings is 1. The lowest BCUT2D eigenvalue weighted by Crippen LogP contribution is -2.33. The number of rotatable bonds is 5. The van der Waals surface area contributed by atoms with Crippen LogP contribution in [-0.4, -0.2) is 22.5 Å². The predicted molar refractivity (Wildman–Crippen MR) is 93.0 cm³/mol. The monoisotopic (exact) mass is 305 g/mol. The molecule has 0 unspecified atom stereocenters. The second-order valence-corrected chi connectivity index (χ2v) is 5.18. The zero-order valence-electron chi connectivity index (χ0n) is 12.8. The molecule has 5 heteroatoms. The molecule has 2 heterocycles. The molecule has 0 aliphatic rings. The van der Waals surface area contributed by atoms with E-state index in [1.807, 2.05) is 36.4 Å². The Morgan fingerprint density at radius 1 is 1.00 bits per heavy atom. The van der Waals surface area contributed by atoms with Crippen LogP contribution in [0.4, 0.5) is 0 Å². The number of hydrogen-bond acceptors (Lipinski definition) is 3. The van der Waals surface area contributed by atoms with Crippen LogP contribution in [0.5, 0.6) is 0 Å². The van der Waals surface area contributed by atoms with Gasteiger partial charge in [-0.05, 0) is 23.6 Å². The van der Waals surface area contributed by atoms with Gasteiger partial charge in [0.2, 0.25) is 0 Å². The lowest BCUT2D eigenvalue weighted by molar-refractivity contribution is 0.826. The van der Waals surface area contributed by atoms with Crippen LogP contribution in [0.15, 0.2) is 65.9 Å². The average molecular weight is 305 g/mol. The number of hydrogen-bond donors (Lipinski definition) is 2. The molecule has 2 aromatic heterocycles. The van der Waals surface area contributed by atoms with Crippen LogP contribution in [0.1, 0.15) is 11.4 Å². The van der Waals surface area contributed by atoms with Crippen LogP contribution in [0, 0.1) is 0 Å². The molecule has 0 aliphatic carbocycles. The summed E-state index contributed by atoms with van der Waals surface area (Å²) in [4.78, 5) is 13.1. The number of aliphatic imine (C=N–C) groups is 1. The fourth-order valence-corrected chi connectivity index (χ4v) is 2.39. The minimum absolute atomic E-state index is 0.427. The molecular formula is C18H19N5. The molecule has 0 fully saturated rings. The summed E-state index contributed by atoms with van der Waals surface area (Å²) in [6.45, 7) is 1.17. The van der Waals surface area contributed by atoms with Crippen molar-refractivity contribution in [2.45, 2.75) is 13.0 Å². The summed E-state index contributed by atoms with van der Waals surface area (Å²) >= 11 is 0. The predicted octanol–water partition coefficient (Wildman–Crippen LogP) is 2.28. The third kappa shape index (κ3) is 4.03. The Morgan fingerprint density at radius 3 is 2.74 bits per heavy atom. The number of nitrogens with one attached hydrogen (secondary N) is 1. The van der Waals surface area contributed by atoms with E-state index in [2.05, 4.69) is 32.4 Å². The average Bonchev–Trinajstić information content (AvgIpc) is 2.61. The fourth-order valence-electron chi connectivity index (χ4n) is 2.39. The Labute approximate surface area is 135 Å². The van der Waals surface area contributed by atoms with Crippen molar-refractivity contribution in [1.29, 1.82) is 0 Å². The van der Waals surface area contributed by atoms with Crippen molar-refractivity contribution < 1.29 is 0 Å². The van der Waals surface area contributed by atoms with Crippen molar-refractivity contribution in [2.24, 2.45) is 10.7 Å². The van der Waals surface area contributed by atoms with Crippen molar-refractivity contribution in [1.82, 2.24) is 15.3 Å². The summed E-state index contributed by atoms with van der Waals surface area (Å²) in [6, 6.07) is 16.0. The molecule has 0 amide bonds. The quantitative estimate of drug-likeness (QED) is 0.560. The third-order valence-corrected chi connectivity index (χ3v) is 3.57. The number of fused-ring (bicyclic) bond motifs is 1. The molecule has 116 valence electrons. The molecule has 0 bridgehead atoms. The Hall–Kier alpha value is -2.95. The molecule has 0 aliphatic heterocycles. The highest BCUT2D eigenvalue weighted by Crippen LogP contribution is 2.16. The third-order valence-electron chi connectivity index (χ3n) is 3.57. The first kappa shape index (κ1) is 15.0. The summed E-state index contributed by atoms with van der Waals surface area (Å²) < 4.78 is 0. The molecule has 3 N–H and O–H groups in total. The molecule has 1 aromatic carbocycles. The number of guanidine groups is 1. The summed E-state index contributed by atoms with van der Waals surface area (Å²) in [5, 5.41) is 5.38. The highest BCUT2D eigenvalue weighted by molar-refractivity contribution is 5.84. The van der Waals surface area contributed by atoms with Gasteiger partial charge < -0.3 is 11.1 Å². The van der Waals surface area contributed by atoms with Gasteiger partial charge in [-0.1, -0.05) is 30.3 Å². The molecule has 3 rings (SSSR count). The van der Waals surface area contributed by atoms with E-state index in [0.29, 0.717) is 19.0 Å². The van der Waals surface area contributed by atoms with Crippen LogP contribution in [0.3, 0.4) is 0 Å². The van der Waals surface area contributed by atoms with E-state index in [4.69, 9.17) is 5.73 Å². The van der Waals surface area contributed by atoms with E-state index in [1.54, 1.807) is 12.4 Å². The molecule has 0 saturated heterocycles. The second-order valence-electron chi connectivity index (χ2n) is 5.18. The zero-order chi connectivity index (χ0) is 15.9. The van der Waals surface area contributed by atoms with Gasteiger partial charge in [-0.2, -0.15) is 0 Å². The maximum Gasteiger partial charge on any atom is 0.188 e. The zero-order valence-corrected chi connectivity index (χ0v) is 12.8. The molecular weight excluding hydrogens is 286 g/mol. The van der Waals surface area contributed by atoms with Crippen LogP contribution in [0.2, 0.25) is 0 Å². The normalized spacial score (nSPS) is 11.6. The number of aromatic nitrogens is 2. The van der Waals surface area contributed by atoms with Crippen LogP contribution in [0.25, 0.3) is 10.8 Å². The minimum Gasteiger partial charge on any atom is -0.370 e. The van der Waals surface area contributed by atoms with Gasteiger partial charge in [0.15, 0.2) is 5.96 Å². The van der Waals surface area contributed by atoms with Gasteiger partial charge >= 0.3 is 0 Å². The van der Waals surface area contributed by atoms with Gasteiger partial charge in [-0.3, -0.25) is 9.97 Å². The van der Waals surface area contributed by atoms with E-state index in [1.165, 1.54) is 0 Å². The SMILES string of the molecule is NC(=NCc1nccc2ccccc12)NCCc1ccccn1. The lowest BCUT2D eigenvalue weighted by atomic mass is 10.1. The van der Waals surface area contributed by atoms with E-state index in [-0.39, 0.29) is 0 Å². The fraction of sp³-hybridized carbons (Fsp3) is 0.167. The standard InChI is InChI=1S/C18H19N5/c19-18(22-12-9-15-6-3-4-10-20-15)23-13-17-16-7-2-1-5-14(16)8-11-21-17/h1-8,10-11H,9,12-13H2,(H3,19,22,23). The van der Waals surface area contributed by atoms with Gasteiger partial charge in [0.1, 0.15) is 0 Å². The van der Waals surface area contributed by atoms with E-state index in [9.17, 15) is 0 Å². The van der Waals surface area contributed by atoms with Gasteiger partial charge in [-0.25, -0.2) is 4.99 Å². The Bertz CT molecular complexity index is 793. The molecule has 3 aromatic rings. The molecule has 0 spiro atoms. The molecule has 23 heavy (non-hydrogen) atoms. The van der Waals surface area contributed by atoms with Crippen molar-refractivity contribution in [3.05, 3.63) is 72.3 Å². The Kier molecular flexibility index (Phi) is 4.79. The van der Waals surface area contributed by atoms with Gasteiger partial charge in [0.05, 0.1) is 12.2 Å². The van der Waals surface area contributed by atoms with E-state index >= 15 is 0 Å². The Morgan fingerprint density at radius 2 is 1.87 bits per heavy atom. The van der Waals surface area contributed by atoms with Crippen LogP contribution < -0.4 is 11.1 Å². The number of nitrogens with two attached hydrogens (primary N) is 1. The smallest absolute Gasteiger partial charge is 0.188 e. The van der Waals surface area contributed by atoms with Gasteiger partial charge in [0, 0.05) is 36.4 Å².